The number of likely N-dealkylation sites (tertiary alicyclic amines) is 1. The van der Waals surface area contributed by atoms with Gasteiger partial charge >= 0.3 is 6.09 Å². The van der Waals surface area contributed by atoms with Crippen molar-refractivity contribution < 1.29 is 9.53 Å². The molecule has 1 fully saturated rings. The molecule has 142 valence electrons. The lowest BCUT2D eigenvalue weighted by molar-refractivity contribution is 0.0531. The van der Waals surface area contributed by atoms with Gasteiger partial charge in [-0.15, -0.1) is 0 Å². The van der Waals surface area contributed by atoms with Crippen molar-refractivity contribution in [2.75, 3.05) is 13.1 Å². The number of benzene rings is 1. The van der Waals surface area contributed by atoms with Crippen molar-refractivity contribution in [2.45, 2.75) is 59.6 Å². The Morgan fingerprint density at radius 2 is 1.85 bits per heavy atom. The Hall–Kier alpha value is -1.33. The van der Waals surface area contributed by atoms with E-state index in [9.17, 15) is 4.79 Å². The number of fused-ring (bicyclic) bond motifs is 1. The molecule has 0 amide bonds. The number of hydrogen-bond acceptors (Lipinski definition) is 3. The molecule has 2 aromatic rings. The Balaban J connectivity index is 1.93. The van der Waals surface area contributed by atoms with Gasteiger partial charge in [-0.3, -0.25) is 4.90 Å². The zero-order chi connectivity index (χ0) is 19.1. The molecular formula is C21H29BrN2O2. The van der Waals surface area contributed by atoms with E-state index < -0.39 is 5.60 Å². The fourth-order valence-electron chi connectivity index (χ4n) is 3.42. The molecule has 3 rings (SSSR count). The maximum absolute atomic E-state index is 12.9. The van der Waals surface area contributed by atoms with E-state index in [0.717, 1.165) is 40.7 Å². The minimum atomic E-state index is -0.522. The first-order valence-corrected chi connectivity index (χ1v) is 10.1. The molecule has 0 saturated carbocycles. The topological polar surface area (TPSA) is 34.5 Å². The van der Waals surface area contributed by atoms with Gasteiger partial charge in [0.15, 0.2) is 0 Å². The molecule has 0 atom stereocenters. The van der Waals surface area contributed by atoms with E-state index in [1.165, 1.54) is 12.8 Å². The number of hydrogen-bond donors (Lipinski definition) is 0. The largest absolute Gasteiger partial charge is 0.443 e. The predicted molar refractivity (Wildman–Crippen MR) is 110 cm³/mol. The summed E-state index contributed by atoms with van der Waals surface area (Å²) >= 11 is 3.52. The van der Waals surface area contributed by atoms with Crippen LogP contribution in [0.2, 0.25) is 0 Å². The van der Waals surface area contributed by atoms with Gasteiger partial charge in [0.2, 0.25) is 0 Å². The summed E-state index contributed by atoms with van der Waals surface area (Å²) in [6.07, 6.45) is 2.06. The van der Waals surface area contributed by atoms with Gasteiger partial charge in [-0.1, -0.05) is 35.8 Å². The third-order valence-corrected chi connectivity index (χ3v) is 5.51. The lowest BCUT2D eigenvalue weighted by atomic mass is 9.83. The number of halogens is 1. The van der Waals surface area contributed by atoms with Crippen LogP contribution in [-0.4, -0.2) is 34.3 Å². The molecule has 2 heterocycles. The quantitative estimate of drug-likeness (QED) is 0.614. The van der Waals surface area contributed by atoms with E-state index >= 15 is 0 Å². The third kappa shape index (κ3) is 4.49. The summed E-state index contributed by atoms with van der Waals surface area (Å²) in [5.41, 5.74) is 1.78. The van der Waals surface area contributed by atoms with E-state index in [1.54, 1.807) is 4.57 Å². The Morgan fingerprint density at radius 1 is 1.19 bits per heavy atom. The lowest BCUT2D eigenvalue weighted by Crippen LogP contribution is -2.37. The molecule has 0 aliphatic carbocycles. The summed E-state index contributed by atoms with van der Waals surface area (Å²) in [4.78, 5) is 15.4. The van der Waals surface area contributed by atoms with Crippen LogP contribution < -0.4 is 0 Å². The van der Waals surface area contributed by atoms with Crippen molar-refractivity contribution in [2.24, 2.45) is 5.41 Å². The highest BCUT2D eigenvalue weighted by atomic mass is 79.9. The Kier molecular flexibility index (Phi) is 5.24. The summed E-state index contributed by atoms with van der Waals surface area (Å²) < 4.78 is 8.38. The van der Waals surface area contributed by atoms with E-state index in [4.69, 9.17) is 4.74 Å². The van der Waals surface area contributed by atoms with Crippen molar-refractivity contribution in [3.63, 3.8) is 0 Å². The molecule has 1 aromatic heterocycles. The fraction of sp³-hybridized carbons (Fsp3) is 0.571. The number of carbonyl (C=O) groups excluding carboxylic acids is 1. The summed E-state index contributed by atoms with van der Waals surface area (Å²) in [5.74, 6) is 0. The second-order valence-electron chi connectivity index (χ2n) is 9.09. The second kappa shape index (κ2) is 7.01. The van der Waals surface area contributed by atoms with Gasteiger partial charge in [0, 0.05) is 22.1 Å². The molecule has 1 aromatic carbocycles. The average molecular weight is 421 g/mol. The molecule has 0 spiro atoms. The number of carbonyl (C=O) groups is 1. The van der Waals surface area contributed by atoms with Crippen LogP contribution in [0.1, 0.15) is 53.2 Å². The molecule has 26 heavy (non-hydrogen) atoms. The molecule has 0 radical (unpaired) electrons. The summed E-state index contributed by atoms with van der Waals surface area (Å²) in [6, 6.07) is 8.16. The Labute approximate surface area is 164 Å². The molecular weight excluding hydrogens is 392 g/mol. The molecule has 1 aliphatic heterocycles. The highest BCUT2D eigenvalue weighted by Gasteiger charge is 2.27. The van der Waals surface area contributed by atoms with E-state index in [0.29, 0.717) is 5.41 Å². The Bertz CT molecular complexity index is 807. The van der Waals surface area contributed by atoms with Crippen LogP contribution >= 0.6 is 15.9 Å². The Morgan fingerprint density at radius 3 is 2.46 bits per heavy atom. The highest BCUT2D eigenvalue weighted by Crippen LogP contribution is 2.31. The van der Waals surface area contributed by atoms with Crippen molar-refractivity contribution in [1.82, 2.24) is 9.47 Å². The van der Waals surface area contributed by atoms with Gasteiger partial charge in [-0.2, -0.15) is 0 Å². The lowest BCUT2D eigenvalue weighted by Gasteiger charge is -2.37. The molecule has 1 aliphatic rings. The van der Waals surface area contributed by atoms with E-state index in [2.05, 4.69) is 40.7 Å². The minimum Gasteiger partial charge on any atom is -0.443 e. The zero-order valence-electron chi connectivity index (χ0n) is 16.4. The first kappa shape index (κ1) is 19.4. The number of ether oxygens (including phenoxy) is 1. The normalized spacial score (nSPS) is 18.2. The van der Waals surface area contributed by atoms with E-state index in [-0.39, 0.29) is 6.09 Å². The van der Waals surface area contributed by atoms with Crippen LogP contribution in [0.25, 0.3) is 10.9 Å². The summed E-state index contributed by atoms with van der Waals surface area (Å²) in [6.45, 7) is 13.3. The number of nitrogens with zero attached hydrogens (tertiary/aromatic N) is 2. The first-order valence-electron chi connectivity index (χ1n) is 9.30. The predicted octanol–water partition coefficient (Wildman–Crippen LogP) is 5.81. The van der Waals surface area contributed by atoms with Crippen LogP contribution in [0.3, 0.4) is 0 Å². The fourth-order valence-corrected chi connectivity index (χ4v) is 3.77. The van der Waals surface area contributed by atoms with Gasteiger partial charge in [0.25, 0.3) is 0 Å². The second-order valence-corrected chi connectivity index (χ2v) is 10.0. The van der Waals surface area contributed by atoms with Crippen LogP contribution in [0, 0.1) is 5.41 Å². The molecule has 0 bridgehead atoms. The van der Waals surface area contributed by atoms with Crippen molar-refractivity contribution in [3.05, 3.63) is 34.4 Å². The standard InChI is InChI=1S/C21H29BrN2O2/c1-20(2,3)26-19(25)24-17(12-15-6-7-16(22)13-18(15)24)14-23-10-8-21(4,5)9-11-23/h6-7,12-13H,8-11,14H2,1-5H3. The van der Waals surface area contributed by atoms with Crippen molar-refractivity contribution in [3.8, 4) is 0 Å². The molecule has 1 saturated heterocycles. The highest BCUT2D eigenvalue weighted by molar-refractivity contribution is 9.10. The minimum absolute atomic E-state index is 0.307. The van der Waals surface area contributed by atoms with Gasteiger partial charge < -0.3 is 4.74 Å². The number of aromatic nitrogens is 1. The average Bonchev–Trinajstić information content (AvgIpc) is 2.85. The smallest absolute Gasteiger partial charge is 0.419 e. The van der Waals surface area contributed by atoms with Crippen molar-refractivity contribution >= 4 is 32.9 Å². The first-order chi connectivity index (χ1) is 12.0. The van der Waals surface area contributed by atoms with Gasteiger partial charge in [0.05, 0.1) is 5.52 Å². The van der Waals surface area contributed by atoms with Crippen LogP contribution in [-0.2, 0) is 11.3 Å². The molecule has 0 N–H and O–H groups in total. The summed E-state index contributed by atoms with van der Waals surface area (Å²) in [7, 11) is 0. The van der Waals surface area contributed by atoms with Crippen LogP contribution in [0.5, 0.6) is 0 Å². The number of rotatable bonds is 2. The maximum Gasteiger partial charge on any atom is 0.419 e. The zero-order valence-corrected chi connectivity index (χ0v) is 18.0. The number of piperidine rings is 1. The van der Waals surface area contributed by atoms with Crippen LogP contribution in [0.4, 0.5) is 4.79 Å². The van der Waals surface area contributed by atoms with Gasteiger partial charge in [-0.25, -0.2) is 9.36 Å². The summed E-state index contributed by atoms with van der Waals surface area (Å²) in [5, 5.41) is 1.06. The van der Waals surface area contributed by atoms with Gasteiger partial charge in [-0.05, 0) is 70.3 Å². The maximum atomic E-state index is 12.9. The molecule has 4 nitrogen and oxygen atoms in total. The van der Waals surface area contributed by atoms with Crippen LogP contribution in [0.15, 0.2) is 28.7 Å². The SMILES string of the molecule is CC1(C)CCN(Cc2cc3ccc(Br)cc3n2C(=O)OC(C)(C)C)CC1. The third-order valence-electron chi connectivity index (χ3n) is 5.01. The van der Waals surface area contributed by atoms with E-state index in [1.807, 2.05) is 39.0 Å². The van der Waals surface area contributed by atoms with Crippen molar-refractivity contribution in [1.29, 1.82) is 0 Å². The van der Waals surface area contributed by atoms with Gasteiger partial charge in [0.1, 0.15) is 5.60 Å². The monoisotopic (exact) mass is 420 g/mol. The molecule has 5 heteroatoms. The molecule has 0 unspecified atom stereocenters.